The lowest BCUT2D eigenvalue weighted by atomic mass is 10.1. The lowest BCUT2D eigenvalue weighted by Crippen LogP contribution is -2.14. The van der Waals surface area contributed by atoms with E-state index in [0.29, 0.717) is 18.5 Å². The molecule has 5 heteroatoms. The zero-order valence-electron chi connectivity index (χ0n) is 13.6. The maximum atomic E-state index is 5.67. The van der Waals surface area contributed by atoms with Gasteiger partial charge in [-0.05, 0) is 29.7 Å². The normalized spacial score (nSPS) is 17.2. The summed E-state index contributed by atoms with van der Waals surface area (Å²) < 4.78 is 5.67. The van der Waals surface area contributed by atoms with Crippen LogP contribution in [0.4, 0.5) is 0 Å². The van der Waals surface area contributed by atoms with Crippen molar-refractivity contribution in [3.63, 3.8) is 0 Å². The summed E-state index contributed by atoms with van der Waals surface area (Å²) in [4.78, 5) is 5.21. The molecule has 0 aliphatic carbocycles. The summed E-state index contributed by atoms with van der Waals surface area (Å²) >= 11 is 1.99. The van der Waals surface area contributed by atoms with E-state index in [1.54, 1.807) is 6.21 Å². The predicted octanol–water partition coefficient (Wildman–Crippen LogP) is 3.32. The predicted molar refractivity (Wildman–Crippen MR) is 99.9 cm³/mol. The van der Waals surface area contributed by atoms with Crippen molar-refractivity contribution in [3.8, 4) is 5.75 Å². The Morgan fingerprint density at radius 2 is 1.92 bits per heavy atom. The fraction of sp³-hybridized carbons (Fsp3) is 0.316. The molecule has 0 radical (unpaired) electrons. The quantitative estimate of drug-likeness (QED) is 0.454. The molecule has 2 aromatic carbocycles. The number of oxime groups is 1. The lowest BCUT2D eigenvalue weighted by Gasteiger charge is -2.09. The summed E-state index contributed by atoms with van der Waals surface area (Å²) in [7, 11) is 0. The van der Waals surface area contributed by atoms with Gasteiger partial charge in [0.25, 0.3) is 0 Å². The number of ether oxygens (including phenoxy) is 1. The van der Waals surface area contributed by atoms with E-state index in [0.717, 1.165) is 30.2 Å². The first-order valence-corrected chi connectivity index (χ1v) is 9.19. The summed E-state index contributed by atoms with van der Waals surface area (Å²) in [5, 5.41) is 7.99. The van der Waals surface area contributed by atoms with Gasteiger partial charge in [0.1, 0.15) is 12.4 Å². The molecule has 1 aliphatic rings. The molecular formula is C19H22N2O2S. The van der Waals surface area contributed by atoms with E-state index in [9.17, 15) is 0 Å². The van der Waals surface area contributed by atoms with Gasteiger partial charge in [0.2, 0.25) is 0 Å². The van der Waals surface area contributed by atoms with Crippen LogP contribution in [-0.2, 0) is 11.3 Å². The molecule has 1 saturated heterocycles. The Balaban J connectivity index is 1.33. The van der Waals surface area contributed by atoms with Gasteiger partial charge < -0.3 is 14.9 Å². The minimum absolute atomic E-state index is 0.426. The van der Waals surface area contributed by atoms with Crippen LogP contribution < -0.4 is 10.1 Å². The third-order valence-corrected chi connectivity index (χ3v) is 4.87. The molecule has 1 unspecified atom stereocenters. The van der Waals surface area contributed by atoms with Crippen LogP contribution in [-0.4, -0.2) is 37.1 Å². The number of hydrogen-bond donors (Lipinski definition) is 1. The Labute approximate surface area is 147 Å². The first-order valence-electron chi connectivity index (χ1n) is 8.14. The number of hydrogen-bond acceptors (Lipinski definition) is 5. The van der Waals surface area contributed by atoms with E-state index in [-0.39, 0.29) is 0 Å². The summed E-state index contributed by atoms with van der Waals surface area (Å²) in [5.41, 5.74) is 2.37. The van der Waals surface area contributed by atoms with Crippen LogP contribution in [0.1, 0.15) is 11.1 Å². The number of nitrogens with one attached hydrogen (secondary N) is 1. The van der Waals surface area contributed by atoms with E-state index < -0.39 is 0 Å². The first-order chi connectivity index (χ1) is 11.9. The van der Waals surface area contributed by atoms with E-state index >= 15 is 0 Å². The number of nitrogens with zero attached hydrogens (tertiary/aromatic N) is 1. The standard InChI is InChI=1S/C19H22N2O2S/c1-2-4-17(5-3-1)13-21-23-11-10-22-18-8-6-16(7-9-18)12-19-14-20-15-24-19/h1-9,13,19-20H,10-12,14-15H2. The first kappa shape index (κ1) is 16.9. The topological polar surface area (TPSA) is 42.9 Å². The minimum atomic E-state index is 0.426. The number of thioether (sulfide) groups is 1. The molecule has 0 spiro atoms. The molecule has 126 valence electrons. The Bertz CT molecular complexity index is 626. The van der Waals surface area contributed by atoms with Crippen LogP contribution in [0, 0.1) is 0 Å². The highest BCUT2D eigenvalue weighted by atomic mass is 32.2. The highest BCUT2D eigenvalue weighted by Gasteiger charge is 2.15. The van der Waals surface area contributed by atoms with E-state index in [2.05, 4.69) is 22.6 Å². The molecular weight excluding hydrogens is 320 g/mol. The molecule has 2 aromatic rings. The zero-order chi connectivity index (χ0) is 16.5. The molecule has 0 amide bonds. The van der Waals surface area contributed by atoms with Gasteiger partial charge in [0, 0.05) is 17.7 Å². The van der Waals surface area contributed by atoms with Crippen molar-refractivity contribution in [2.45, 2.75) is 11.7 Å². The molecule has 0 bridgehead atoms. The van der Waals surface area contributed by atoms with Gasteiger partial charge in [-0.1, -0.05) is 47.6 Å². The Morgan fingerprint density at radius 1 is 1.08 bits per heavy atom. The number of benzene rings is 2. The van der Waals surface area contributed by atoms with Crippen molar-refractivity contribution in [2.75, 3.05) is 25.6 Å². The second kappa shape index (κ2) is 9.35. The molecule has 1 N–H and O–H groups in total. The van der Waals surface area contributed by atoms with Gasteiger partial charge in [-0.25, -0.2) is 0 Å². The molecule has 1 fully saturated rings. The summed E-state index contributed by atoms with van der Waals surface area (Å²) in [5.74, 6) is 1.94. The number of rotatable bonds is 8. The lowest BCUT2D eigenvalue weighted by molar-refractivity contribution is 0.108. The van der Waals surface area contributed by atoms with Crippen LogP contribution in [0.2, 0.25) is 0 Å². The van der Waals surface area contributed by atoms with Crippen molar-refractivity contribution in [1.82, 2.24) is 5.32 Å². The summed E-state index contributed by atoms with van der Waals surface area (Å²) in [6.07, 6.45) is 2.81. The Kier molecular flexibility index (Phi) is 6.57. The van der Waals surface area contributed by atoms with Crippen LogP contribution in [0.25, 0.3) is 0 Å². The maximum Gasteiger partial charge on any atom is 0.151 e. The van der Waals surface area contributed by atoms with Gasteiger partial charge in [-0.15, -0.1) is 11.8 Å². The molecule has 1 heterocycles. The summed E-state index contributed by atoms with van der Waals surface area (Å²) in [6.45, 7) is 2.01. The average molecular weight is 342 g/mol. The second-order valence-corrected chi connectivity index (χ2v) is 6.85. The molecule has 4 nitrogen and oxygen atoms in total. The van der Waals surface area contributed by atoms with Gasteiger partial charge in [0.05, 0.1) is 6.21 Å². The highest BCUT2D eigenvalue weighted by Crippen LogP contribution is 2.21. The maximum absolute atomic E-state index is 5.67. The molecule has 0 aromatic heterocycles. The van der Waals surface area contributed by atoms with Gasteiger partial charge in [0.15, 0.2) is 6.61 Å². The Hall–Kier alpha value is -1.98. The van der Waals surface area contributed by atoms with E-state index in [4.69, 9.17) is 9.57 Å². The van der Waals surface area contributed by atoms with Gasteiger partial charge in [-0.3, -0.25) is 0 Å². The fourth-order valence-corrected chi connectivity index (χ4v) is 3.48. The van der Waals surface area contributed by atoms with E-state index in [1.165, 1.54) is 5.56 Å². The van der Waals surface area contributed by atoms with Crippen LogP contribution >= 0.6 is 11.8 Å². The SMILES string of the molecule is C(=NOCCOc1ccc(CC2CNCS2)cc1)c1ccccc1. The van der Waals surface area contributed by atoms with Crippen molar-refractivity contribution in [1.29, 1.82) is 0 Å². The van der Waals surface area contributed by atoms with Crippen molar-refractivity contribution >= 4 is 18.0 Å². The van der Waals surface area contributed by atoms with Crippen molar-refractivity contribution in [3.05, 3.63) is 65.7 Å². The smallest absolute Gasteiger partial charge is 0.151 e. The van der Waals surface area contributed by atoms with Gasteiger partial charge >= 0.3 is 0 Å². The second-order valence-electron chi connectivity index (χ2n) is 5.56. The van der Waals surface area contributed by atoms with Crippen LogP contribution in [0.3, 0.4) is 0 Å². The third kappa shape index (κ3) is 5.58. The minimum Gasteiger partial charge on any atom is -0.490 e. The Morgan fingerprint density at radius 3 is 2.67 bits per heavy atom. The average Bonchev–Trinajstić information content (AvgIpc) is 3.13. The van der Waals surface area contributed by atoms with Crippen LogP contribution in [0.5, 0.6) is 5.75 Å². The monoisotopic (exact) mass is 342 g/mol. The van der Waals surface area contributed by atoms with Crippen molar-refractivity contribution < 1.29 is 9.57 Å². The highest BCUT2D eigenvalue weighted by molar-refractivity contribution is 8.00. The zero-order valence-corrected chi connectivity index (χ0v) is 14.4. The molecule has 0 saturated carbocycles. The van der Waals surface area contributed by atoms with Gasteiger partial charge in [-0.2, -0.15) is 0 Å². The van der Waals surface area contributed by atoms with Crippen molar-refractivity contribution in [2.24, 2.45) is 5.16 Å². The molecule has 24 heavy (non-hydrogen) atoms. The van der Waals surface area contributed by atoms with Crippen LogP contribution in [0.15, 0.2) is 59.8 Å². The summed E-state index contributed by atoms with van der Waals surface area (Å²) in [6, 6.07) is 18.2. The molecule has 1 atom stereocenters. The fourth-order valence-electron chi connectivity index (χ4n) is 2.46. The molecule has 1 aliphatic heterocycles. The van der Waals surface area contributed by atoms with E-state index in [1.807, 2.05) is 54.2 Å². The largest absolute Gasteiger partial charge is 0.490 e. The third-order valence-electron chi connectivity index (χ3n) is 3.70. The molecule has 3 rings (SSSR count).